The molecule has 1 aromatic heterocycles. The van der Waals surface area contributed by atoms with Crippen molar-refractivity contribution in [1.82, 2.24) is 15.5 Å². The van der Waals surface area contributed by atoms with Crippen LogP contribution in [0.3, 0.4) is 0 Å². The minimum absolute atomic E-state index is 0.0189. The molecule has 2 aliphatic rings. The number of benzene rings is 1. The van der Waals surface area contributed by atoms with Crippen molar-refractivity contribution in [3.63, 3.8) is 0 Å². The number of fused-ring (bicyclic) bond motifs is 2. The van der Waals surface area contributed by atoms with Crippen molar-refractivity contribution in [3.05, 3.63) is 52.8 Å². The van der Waals surface area contributed by atoms with Gasteiger partial charge in [-0.15, -0.1) is 0 Å². The molecule has 0 radical (unpaired) electrons. The number of carbonyl (C=O) groups excluding carboxylic acids is 1. The first-order valence-corrected chi connectivity index (χ1v) is 7.57. The Balaban J connectivity index is 1.43. The van der Waals surface area contributed by atoms with E-state index in [2.05, 4.69) is 39.8 Å². The van der Waals surface area contributed by atoms with Crippen LogP contribution in [0.15, 0.2) is 30.5 Å². The summed E-state index contributed by atoms with van der Waals surface area (Å²) >= 11 is 0. The topological polar surface area (TPSA) is 57.8 Å². The molecule has 0 aliphatic heterocycles. The molecule has 1 saturated carbocycles. The van der Waals surface area contributed by atoms with Gasteiger partial charge < -0.3 is 5.32 Å². The van der Waals surface area contributed by atoms with E-state index >= 15 is 0 Å². The predicted molar refractivity (Wildman–Crippen MR) is 80.2 cm³/mol. The Morgan fingerprint density at radius 3 is 3.14 bits per heavy atom. The molecule has 0 saturated heterocycles. The van der Waals surface area contributed by atoms with Gasteiger partial charge in [-0.25, -0.2) is 0 Å². The molecule has 0 bridgehead atoms. The van der Waals surface area contributed by atoms with E-state index in [1.807, 2.05) is 6.92 Å². The van der Waals surface area contributed by atoms with Gasteiger partial charge in [0.15, 0.2) is 0 Å². The van der Waals surface area contributed by atoms with Crippen LogP contribution >= 0.6 is 0 Å². The van der Waals surface area contributed by atoms with Gasteiger partial charge >= 0.3 is 0 Å². The van der Waals surface area contributed by atoms with Crippen molar-refractivity contribution in [2.45, 2.75) is 31.6 Å². The fraction of sp³-hybridized carbons (Fsp3) is 0.412. The molecular formula is C17H19N3O. The molecule has 108 valence electrons. The molecule has 1 fully saturated rings. The van der Waals surface area contributed by atoms with E-state index < -0.39 is 0 Å². The number of nitrogens with zero attached hydrogens (tertiary/aromatic N) is 1. The highest BCUT2D eigenvalue weighted by molar-refractivity contribution is 5.94. The molecule has 4 rings (SSSR count). The molecule has 1 heterocycles. The quantitative estimate of drug-likeness (QED) is 0.907. The summed E-state index contributed by atoms with van der Waals surface area (Å²) in [7, 11) is 0. The summed E-state index contributed by atoms with van der Waals surface area (Å²) < 4.78 is 0. The lowest BCUT2D eigenvalue weighted by Crippen LogP contribution is -2.27. The Morgan fingerprint density at radius 2 is 2.33 bits per heavy atom. The van der Waals surface area contributed by atoms with Gasteiger partial charge in [-0.05, 0) is 43.2 Å². The van der Waals surface area contributed by atoms with Gasteiger partial charge in [-0.3, -0.25) is 9.89 Å². The third kappa shape index (κ3) is 1.89. The van der Waals surface area contributed by atoms with E-state index in [-0.39, 0.29) is 5.91 Å². The second kappa shape index (κ2) is 4.45. The van der Waals surface area contributed by atoms with Gasteiger partial charge in [-0.1, -0.05) is 24.3 Å². The van der Waals surface area contributed by atoms with Crippen molar-refractivity contribution < 1.29 is 4.79 Å². The number of aryl methyl sites for hydroxylation is 2. The van der Waals surface area contributed by atoms with Crippen LogP contribution in [0.1, 0.15) is 40.0 Å². The first kappa shape index (κ1) is 12.6. The second-order valence-corrected chi connectivity index (χ2v) is 6.33. The van der Waals surface area contributed by atoms with Crippen LogP contribution in [0.4, 0.5) is 0 Å². The van der Waals surface area contributed by atoms with Gasteiger partial charge in [0, 0.05) is 17.7 Å². The lowest BCUT2D eigenvalue weighted by Gasteiger charge is -2.12. The van der Waals surface area contributed by atoms with E-state index in [1.165, 1.54) is 30.4 Å². The first-order valence-electron chi connectivity index (χ1n) is 7.57. The summed E-state index contributed by atoms with van der Waals surface area (Å²) in [5.41, 5.74) is 4.83. The van der Waals surface area contributed by atoms with E-state index in [0.29, 0.717) is 16.9 Å². The van der Waals surface area contributed by atoms with Crippen LogP contribution in [0.25, 0.3) is 0 Å². The van der Waals surface area contributed by atoms with Crippen molar-refractivity contribution in [2.24, 2.45) is 5.92 Å². The van der Waals surface area contributed by atoms with Crippen LogP contribution < -0.4 is 5.32 Å². The molecule has 2 aromatic rings. The summed E-state index contributed by atoms with van der Waals surface area (Å²) in [6.45, 7) is 2.63. The van der Waals surface area contributed by atoms with Crippen LogP contribution in [0.5, 0.6) is 0 Å². The summed E-state index contributed by atoms with van der Waals surface area (Å²) in [5, 5.41) is 9.77. The van der Waals surface area contributed by atoms with Crippen LogP contribution in [0, 0.1) is 12.8 Å². The second-order valence-electron chi connectivity index (χ2n) is 6.33. The number of hydrogen-bond acceptors (Lipinski definition) is 2. The Hall–Kier alpha value is -2.10. The zero-order chi connectivity index (χ0) is 14.4. The monoisotopic (exact) mass is 281 g/mol. The summed E-state index contributed by atoms with van der Waals surface area (Å²) in [4.78, 5) is 12.1. The van der Waals surface area contributed by atoms with E-state index in [4.69, 9.17) is 0 Å². The SMILES string of the molecule is Cc1[nH]ncc1C(=O)NC[C@H]1C[C@@]12CCc1ccccc12. The van der Waals surface area contributed by atoms with Gasteiger partial charge in [0.05, 0.1) is 11.8 Å². The summed E-state index contributed by atoms with van der Waals surface area (Å²) in [6, 6.07) is 8.77. The van der Waals surface area contributed by atoms with Crippen LogP contribution in [-0.2, 0) is 11.8 Å². The molecule has 1 spiro atoms. The maximum Gasteiger partial charge on any atom is 0.254 e. The fourth-order valence-corrected chi connectivity index (χ4v) is 3.89. The van der Waals surface area contributed by atoms with Gasteiger partial charge in [-0.2, -0.15) is 5.10 Å². The largest absolute Gasteiger partial charge is 0.352 e. The highest BCUT2D eigenvalue weighted by Crippen LogP contribution is 2.61. The van der Waals surface area contributed by atoms with Crippen molar-refractivity contribution in [2.75, 3.05) is 6.54 Å². The van der Waals surface area contributed by atoms with Crippen molar-refractivity contribution in [3.8, 4) is 0 Å². The van der Waals surface area contributed by atoms with Gasteiger partial charge in [0.1, 0.15) is 0 Å². The maximum atomic E-state index is 12.1. The highest BCUT2D eigenvalue weighted by atomic mass is 16.1. The first-order chi connectivity index (χ1) is 10.2. The predicted octanol–water partition coefficient (Wildman–Crippen LogP) is 2.35. The van der Waals surface area contributed by atoms with Crippen LogP contribution in [-0.4, -0.2) is 22.6 Å². The molecule has 0 unspecified atom stereocenters. The van der Waals surface area contributed by atoms with E-state index in [0.717, 1.165) is 12.2 Å². The molecule has 2 aliphatic carbocycles. The Kier molecular flexibility index (Phi) is 2.67. The number of aromatic nitrogens is 2. The minimum atomic E-state index is -0.0189. The normalized spacial score (nSPS) is 25.9. The third-order valence-corrected chi connectivity index (χ3v) is 5.21. The van der Waals surface area contributed by atoms with E-state index in [1.54, 1.807) is 6.20 Å². The number of hydrogen-bond donors (Lipinski definition) is 2. The standard InChI is InChI=1S/C17H19N3O/c1-11-14(10-19-20-11)16(21)18-9-13-8-17(13)7-6-12-4-2-3-5-15(12)17/h2-5,10,13H,6-9H2,1H3,(H,18,21)(H,19,20)/t13-,17+/m1/s1. The molecule has 1 aromatic carbocycles. The molecule has 4 nitrogen and oxygen atoms in total. The Morgan fingerprint density at radius 1 is 1.48 bits per heavy atom. The fourth-order valence-electron chi connectivity index (χ4n) is 3.89. The molecule has 2 N–H and O–H groups in total. The minimum Gasteiger partial charge on any atom is -0.352 e. The van der Waals surface area contributed by atoms with Crippen LogP contribution in [0.2, 0.25) is 0 Å². The number of amides is 1. The number of H-pyrrole nitrogens is 1. The molecule has 4 heteroatoms. The number of rotatable bonds is 3. The number of aromatic amines is 1. The maximum absolute atomic E-state index is 12.1. The average Bonchev–Trinajstić information content (AvgIpc) is 2.82. The smallest absolute Gasteiger partial charge is 0.254 e. The molecular weight excluding hydrogens is 262 g/mol. The lowest BCUT2D eigenvalue weighted by atomic mass is 9.95. The Bertz CT molecular complexity index is 706. The van der Waals surface area contributed by atoms with Gasteiger partial charge in [0.25, 0.3) is 5.91 Å². The molecule has 21 heavy (non-hydrogen) atoms. The number of nitrogens with one attached hydrogen (secondary N) is 2. The Labute approximate surface area is 124 Å². The molecule has 2 atom stereocenters. The van der Waals surface area contributed by atoms with Crippen molar-refractivity contribution in [1.29, 1.82) is 0 Å². The summed E-state index contributed by atoms with van der Waals surface area (Å²) in [5.74, 6) is 0.562. The highest BCUT2D eigenvalue weighted by Gasteiger charge is 2.57. The number of carbonyl (C=O) groups is 1. The molecule has 1 amide bonds. The van der Waals surface area contributed by atoms with Gasteiger partial charge in [0.2, 0.25) is 0 Å². The average molecular weight is 281 g/mol. The zero-order valence-electron chi connectivity index (χ0n) is 12.1. The summed E-state index contributed by atoms with van der Waals surface area (Å²) in [6.07, 6.45) is 5.21. The zero-order valence-corrected chi connectivity index (χ0v) is 12.1. The third-order valence-electron chi connectivity index (χ3n) is 5.21. The van der Waals surface area contributed by atoms with Crippen molar-refractivity contribution >= 4 is 5.91 Å². The lowest BCUT2D eigenvalue weighted by molar-refractivity contribution is 0.0950. The van der Waals surface area contributed by atoms with E-state index in [9.17, 15) is 4.79 Å².